The zero-order valence-corrected chi connectivity index (χ0v) is 14.0. The lowest BCUT2D eigenvalue weighted by Crippen LogP contribution is -2.50. The first-order chi connectivity index (χ1) is 11.4. The third-order valence-electron chi connectivity index (χ3n) is 4.67. The van der Waals surface area contributed by atoms with Gasteiger partial charge in [0.25, 0.3) is 5.91 Å². The molecule has 2 aliphatic rings. The molecule has 8 heteroatoms. The Balaban J connectivity index is 2.20. The number of carbonyl (C=O) groups excluding carboxylic acids is 2. The molecular formula is C16H18F2N2O3S. The lowest BCUT2D eigenvalue weighted by Gasteiger charge is -2.37. The number of thioether (sulfide) groups is 1. The predicted octanol–water partition coefficient (Wildman–Crippen LogP) is 1.78. The molecule has 130 valence electrons. The fraction of sp³-hybridized carbons (Fsp3) is 0.500. The van der Waals surface area contributed by atoms with Gasteiger partial charge in [0.15, 0.2) is 17.2 Å². The number of primary amides is 1. The highest BCUT2D eigenvalue weighted by Crippen LogP contribution is 2.51. The normalized spacial score (nSPS) is 26.5. The molecule has 1 aromatic rings. The van der Waals surface area contributed by atoms with Gasteiger partial charge in [-0.25, -0.2) is 8.78 Å². The standard InChI is InChI=1S/C16H18F2N2O3S/c1-23-16(9-3-2-6-24-8-9)13-11(5-4-10(17)14(13)18)20(15(16)22)7-12(19)21/h4-5,9H,2-3,6-8H2,1H3,(H2,19,21). The third kappa shape index (κ3) is 2.39. The summed E-state index contributed by atoms with van der Waals surface area (Å²) in [6.07, 6.45) is 1.52. The van der Waals surface area contributed by atoms with Crippen molar-refractivity contribution in [3.05, 3.63) is 29.3 Å². The van der Waals surface area contributed by atoms with E-state index in [0.717, 1.165) is 23.1 Å². The van der Waals surface area contributed by atoms with Gasteiger partial charge in [0.2, 0.25) is 5.91 Å². The number of methoxy groups -OCH3 is 1. The Hall–Kier alpha value is -1.67. The largest absolute Gasteiger partial charge is 0.368 e. The third-order valence-corrected chi connectivity index (χ3v) is 5.88. The van der Waals surface area contributed by atoms with Crippen LogP contribution in [0.5, 0.6) is 0 Å². The number of halogens is 2. The van der Waals surface area contributed by atoms with Crippen LogP contribution in [0.3, 0.4) is 0 Å². The smallest absolute Gasteiger partial charge is 0.264 e. The Morgan fingerprint density at radius 3 is 2.83 bits per heavy atom. The molecule has 1 saturated heterocycles. The van der Waals surface area contributed by atoms with Gasteiger partial charge in [-0.15, -0.1) is 0 Å². The van der Waals surface area contributed by atoms with Crippen LogP contribution in [0.1, 0.15) is 18.4 Å². The van der Waals surface area contributed by atoms with Crippen LogP contribution >= 0.6 is 11.8 Å². The fourth-order valence-electron chi connectivity index (χ4n) is 3.64. The molecule has 1 fully saturated rings. The van der Waals surface area contributed by atoms with Crippen LogP contribution in [-0.4, -0.2) is 37.0 Å². The van der Waals surface area contributed by atoms with E-state index < -0.39 is 35.6 Å². The van der Waals surface area contributed by atoms with Gasteiger partial charge in [-0.3, -0.25) is 14.5 Å². The minimum Gasteiger partial charge on any atom is -0.368 e. The molecular weight excluding hydrogens is 338 g/mol. The SMILES string of the molecule is COC1(C2CCCSC2)C(=O)N(CC(N)=O)c2ccc(F)c(F)c21. The van der Waals surface area contributed by atoms with Crippen molar-refractivity contribution in [2.45, 2.75) is 18.4 Å². The molecule has 1 aromatic carbocycles. The first kappa shape index (κ1) is 17.2. The number of nitrogens with zero attached hydrogens (tertiary/aromatic N) is 1. The van der Waals surface area contributed by atoms with E-state index in [0.29, 0.717) is 12.2 Å². The summed E-state index contributed by atoms with van der Waals surface area (Å²) in [7, 11) is 1.32. The van der Waals surface area contributed by atoms with Crippen molar-refractivity contribution in [2.24, 2.45) is 11.7 Å². The second-order valence-corrected chi connectivity index (χ2v) is 7.12. The summed E-state index contributed by atoms with van der Waals surface area (Å²) in [5.41, 5.74) is 3.63. The molecule has 2 aliphatic heterocycles. The number of hydrogen-bond donors (Lipinski definition) is 1. The second kappa shape index (κ2) is 6.33. The fourth-order valence-corrected chi connectivity index (χ4v) is 4.87. The molecule has 24 heavy (non-hydrogen) atoms. The van der Waals surface area contributed by atoms with Gasteiger partial charge in [0.05, 0.1) is 11.3 Å². The molecule has 2 unspecified atom stereocenters. The highest BCUT2D eigenvalue weighted by atomic mass is 32.2. The first-order valence-corrected chi connectivity index (χ1v) is 8.80. The molecule has 2 atom stereocenters. The molecule has 3 rings (SSSR count). The predicted molar refractivity (Wildman–Crippen MR) is 86.6 cm³/mol. The van der Waals surface area contributed by atoms with Crippen molar-refractivity contribution in [2.75, 3.05) is 30.1 Å². The first-order valence-electron chi connectivity index (χ1n) is 7.65. The Morgan fingerprint density at radius 2 is 2.25 bits per heavy atom. The molecule has 0 radical (unpaired) electrons. The number of fused-ring (bicyclic) bond motifs is 1. The molecule has 0 aliphatic carbocycles. The van der Waals surface area contributed by atoms with Gasteiger partial charge >= 0.3 is 0 Å². The summed E-state index contributed by atoms with van der Waals surface area (Å²) in [4.78, 5) is 25.6. The molecule has 5 nitrogen and oxygen atoms in total. The number of anilines is 1. The monoisotopic (exact) mass is 356 g/mol. The van der Waals surface area contributed by atoms with Gasteiger partial charge in [-0.05, 0) is 36.5 Å². The average molecular weight is 356 g/mol. The number of benzene rings is 1. The van der Waals surface area contributed by atoms with E-state index in [1.807, 2.05) is 0 Å². The maximum Gasteiger partial charge on any atom is 0.264 e. The number of hydrogen-bond acceptors (Lipinski definition) is 4. The van der Waals surface area contributed by atoms with E-state index >= 15 is 0 Å². The number of ether oxygens (including phenoxy) is 1. The van der Waals surface area contributed by atoms with E-state index in [4.69, 9.17) is 10.5 Å². The van der Waals surface area contributed by atoms with Gasteiger partial charge in [-0.1, -0.05) is 0 Å². The van der Waals surface area contributed by atoms with Crippen molar-refractivity contribution in [3.8, 4) is 0 Å². The summed E-state index contributed by atoms with van der Waals surface area (Å²) in [5, 5.41) is 0. The number of nitrogens with two attached hydrogens (primary N) is 1. The van der Waals surface area contributed by atoms with Gasteiger partial charge in [0.1, 0.15) is 6.54 Å². The summed E-state index contributed by atoms with van der Waals surface area (Å²) >= 11 is 1.65. The van der Waals surface area contributed by atoms with E-state index in [9.17, 15) is 18.4 Å². The summed E-state index contributed by atoms with van der Waals surface area (Å²) in [5.74, 6) is -2.20. The van der Waals surface area contributed by atoms with E-state index in [1.165, 1.54) is 13.2 Å². The quantitative estimate of drug-likeness (QED) is 0.893. The Kier molecular flexibility index (Phi) is 4.52. The minimum absolute atomic E-state index is 0.122. The van der Waals surface area contributed by atoms with Gasteiger partial charge in [-0.2, -0.15) is 11.8 Å². The van der Waals surface area contributed by atoms with Crippen molar-refractivity contribution >= 4 is 29.3 Å². The van der Waals surface area contributed by atoms with Crippen LogP contribution in [-0.2, 0) is 19.9 Å². The number of carbonyl (C=O) groups is 2. The van der Waals surface area contributed by atoms with Crippen LogP contribution in [0, 0.1) is 17.6 Å². The molecule has 0 spiro atoms. The lowest BCUT2D eigenvalue weighted by atomic mass is 9.80. The van der Waals surface area contributed by atoms with Gasteiger partial charge in [0, 0.05) is 13.0 Å². The van der Waals surface area contributed by atoms with Crippen molar-refractivity contribution in [3.63, 3.8) is 0 Å². The zero-order chi connectivity index (χ0) is 17.5. The Morgan fingerprint density at radius 1 is 1.50 bits per heavy atom. The minimum atomic E-state index is -1.62. The van der Waals surface area contributed by atoms with E-state index in [1.54, 1.807) is 11.8 Å². The van der Waals surface area contributed by atoms with Crippen LogP contribution in [0.25, 0.3) is 0 Å². The van der Waals surface area contributed by atoms with E-state index in [-0.39, 0.29) is 17.2 Å². The van der Waals surface area contributed by atoms with Crippen LogP contribution in [0.2, 0.25) is 0 Å². The average Bonchev–Trinajstić information content (AvgIpc) is 2.81. The van der Waals surface area contributed by atoms with Crippen molar-refractivity contribution in [1.82, 2.24) is 0 Å². The van der Waals surface area contributed by atoms with Gasteiger partial charge < -0.3 is 10.5 Å². The van der Waals surface area contributed by atoms with Crippen molar-refractivity contribution < 1.29 is 23.1 Å². The van der Waals surface area contributed by atoms with Crippen LogP contribution < -0.4 is 10.6 Å². The molecule has 0 bridgehead atoms. The number of rotatable bonds is 4. The molecule has 2 N–H and O–H groups in total. The summed E-state index contributed by atoms with van der Waals surface area (Å²) in [6.45, 7) is -0.401. The summed E-state index contributed by atoms with van der Waals surface area (Å²) in [6, 6.07) is 2.24. The molecule has 2 heterocycles. The maximum atomic E-state index is 14.7. The Bertz CT molecular complexity index is 694. The number of amides is 2. The molecule has 0 aromatic heterocycles. The molecule has 0 saturated carbocycles. The second-order valence-electron chi connectivity index (χ2n) is 5.97. The topological polar surface area (TPSA) is 72.6 Å². The van der Waals surface area contributed by atoms with Crippen LogP contribution in [0.15, 0.2) is 12.1 Å². The van der Waals surface area contributed by atoms with E-state index in [2.05, 4.69) is 0 Å². The van der Waals surface area contributed by atoms with Crippen molar-refractivity contribution in [1.29, 1.82) is 0 Å². The lowest BCUT2D eigenvalue weighted by molar-refractivity contribution is -0.147. The summed E-state index contributed by atoms with van der Waals surface area (Å²) < 4.78 is 34.1. The molecule has 2 amide bonds. The highest BCUT2D eigenvalue weighted by molar-refractivity contribution is 7.99. The highest BCUT2D eigenvalue weighted by Gasteiger charge is 2.58. The maximum absolute atomic E-state index is 14.7. The Labute approximate surface area is 142 Å². The van der Waals surface area contributed by atoms with Crippen LogP contribution in [0.4, 0.5) is 14.5 Å². The zero-order valence-electron chi connectivity index (χ0n) is 13.2.